The van der Waals surface area contributed by atoms with E-state index in [1.54, 1.807) is 18.2 Å². The Bertz CT molecular complexity index is 413. The van der Waals surface area contributed by atoms with E-state index in [2.05, 4.69) is 0 Å². The van der Waals surface area contributed by atoms with Gasteiger partial charge in [-0.3, -0.25) is 0 Å². The van der Waals surface area contributed by atoms with E-state index in [9.17, 15) is 4.79 Å². The van der Waals surface area contributed by atoms with Crippen LogP contribution in [-0.4, -0.2) is 16.2 Å². The van der Waals surface area contributed by atoms with E-state index < -0.39 is 11.7 Å². The number of carbonyl (C=O) groups is 1. The van der Waals surface area contributed by atoms with Crippen molar-refractivity contribution in [2.45, 2.75) is 6.42 Å². The van der Waals surface area contributed by atoms with Crippen molar-refractivity contribution < 1.29 is 15.0 Å². The Morgan fingerprint density at radius 1 is 1.33 bits per heavy atom. The van der Waals surface area contributed by atoms with Gasteiger partial charge in [0.25, 0.3) is 0 Å². The maximum Gasteiger partial charge on any atom is 0.370 e. The minimum Gasteiger partial charge on any atom is -0.502 e. The summed E-state index contributed by atoms with van der Waals surface area (Å²) in [6.45, 7) is 0. The number of allylic oxidation sites excluding steroid dienone is 1. The molecule has 0 bridgehead atoms. The van der Waals surface area contributed by atoms with Crippen molar-refractivity contribution in [3.05, 3.63) is 45.6 Å². The molecule has 0 unspecified atom stereocenters. The second-order valence-corrected chi connectivity index (χ2v) is 3.68. The summed E-state index contributed by atoms with van der Waals surface area (Å²) in [5.41, 5.74) is 0.703. The minimum absolute atomic E-state index is 0.244. The van der Waals surface area contributed by atoms with Gasteiger partial charge in [-0.15, -0.1) is 0 Å². The second-order valence-electron chi connectivity index (χ2n) is 2.83. The molecule has 1 aromatic rings. The minimum atomic E-state index is -1.36. The van der Waals surface area contributed by atoms with Gasteiger partial charge in [-0.25, -0.2) is 4.79 Å². The van der Waals surface area contributed by atoms with Gasteiger partial charge in [-0.2, -0.15) is 0 Å². The van der Waals surface area contributed by atoms with Crippen LogP contribution in [0.3, 0.4) is 0 Å². The van der Waals surface area contributed by atoms with E-state index in [1.165, 1.54) is 6.08 Å². The van der Waals surface area contributed by atoms with E-state index >= 15 is 0 Å². The lowest BCUT2D eigenvalue weighted by Crippen LogP contribution is -1.99. The van der Waals surface area contributed by atoms with Gasteiger partial charge in [0, 0.05) is 10.0 Å². The molecule has 2 N–H and O–H groups in total. The number of aliphatic carboxylic acids is 1. The number of carboxylic acids is 1. The van der Waals surface area contributed by atoms with Crippen LogP contribution in [0.25, 0.3) is 0 Å². The zero-order chi connectivity index (χ0) is 11.4. The molecule has 0 heterocycles. The number of hydrogen-bond donors (Lipinski definition) is 2. The number of carboxylic acid groups (broad SMARTS) is 1. The molecule has 1 aromatic carbocycles. The van der Waals surface area contributed by atoms with Crippen molar-refractivity contribution in [1.29, 1.82) is 0 Å². The Kier molecular flexibility index (Phi) is 4.00. The molecule has 0 saturated carbocycles. The Labute approximate surface area is 96.6 Å². The molecule has 5 heteroatoms. The summed E-state index contributed by atoms with van der Waals surface area (Å²) in [7, 11) is 0. The van der Waals surface area contributed by atoms with Crippen molar-refractivity contribution in [1.82, 2.24) is 0 Å². The summed E-state index contributed by atoms with van der Waals surface area (Å²) in [6.07, 6.45) is 1.42. The normalized spacial score (nSPS) is 11.5. The molecule has 0 aliphatic heterocycles. The first-order chi connectivity index (χ1) is 7.00. The fourth-order valence-electron chi connectivity index (χ4n) is 0.981. The predicted molar refractivity (Wildman–Crippen MR) is 58.5 cm³/mol. The Balaban J connectivity index is 2.82. The van der Waals surface area contributed by atoms with Gasteiger partial charge >= 0.3 is 5.97 Å². The third-order valence-electron chi connectivity index (χ3n) is 1.75. The highest BCUT2D eigenvalue weighted by Crippen LogP contribution is 2.21. The lowest BCUT2D eigenvalue weighted by Gasteiger charge is -2.01. The molecule has 0 aromatic heterocycles. The standard InChI is InChI=1S/C10H8Cl2O3/c11-7-3-1-6(8(12)5-7)2-4-9(13)10(14)15/h1,3-5,13H,2H2,(H,14,15). The topological polar surface area (TPSA) is 57.5 Å². The van der Waals surface area contributed by atoms with E-state index in [-0.39, 0.29) is 6.42 Å². The SMILES string of the molecule is O=C(O)C(O)=CCc1ccc(Cl)cc1Cl. The van der Waals surface area contributed by atoms with Gasteiger partial charge in [0.1, 0.15) is 0 Å². The number of rotatable bonds is 3. The van der Waals surface area contributed by atoms with Gasteiger partial charge < -0.3 is 10.2 Å². The lowest BCUT2D eigenvalue weighted by atomic mass is 10.1. The van der Waals surface area contributed by atoms with Crippen LogP contribution in [0.4, 0.5) is 0 Å². The van der Waals surface area contributed by atoms with Gasteiger partial charge in [0.2, 0.25) is 0 Å². The number of halogens is 2. The lowest BCUT2D eigenvalue weighted by molar-refractivity contribution is -0.135. The molecule has 0 fully saturated rings. The van der Waals surface area contributed by atoms with Crippen LogP contribution >= 0.6 is 23.2 Å². The monoisotopic (exact) mass is 246 g/mol. The first-order valence-electron chi connectivity index (χ1n) is 4.07. The zero-order valence-corrected chi connectivity index (χ0v) is 9.09. The third kappa shape index (κ3) is 3.46. The average Bonchev–Trinajstić information content (AvgIpc) is 2.15. The van der Waals surface area contributed by atoms with Gasteiger partial charge in [-0.05, 0) is 30.2 Å². The molecule has 80 valence electrons. The fourth-order valence-corrected chi connectivity index (χ4v) is 1.47. The highest BCUT2D eigenvalue weighted by Gasteiger charge is 2.04. The van der Waals surface area contributed by atoms with E-state index in [4.69, 9.17) is 33.4 Å². The molecule has 3 nitrogen and oxygen atoms in total. The molecule has 0 amide bonds. The van der Waals surface area contributed by atoms with Crippen molar-refractivity contribution in [2.75, 3.05) is 0 Å². The van der Waals surface area contributed by atoms with Crippen molar-refractivity contribution in [3.63, 3.8) is 0 Å². The molecule has 0 spiro atoms. The molecular formula is C10H8Cl2O3. The Morgan fingerprint density at radius 2 is 2.00 bits per heavy atom. The number of aliphatic hydroxyl groups is 1. The molecule has 0 atom stereocenters. The smallest absolute Gasteiger partial charge is 0.370 e. The number of benzene rings is 1. The first kappa shape index (κ1) is 11.9. The van der Waals surface area contributed by atoms with E-state index in [0.717, 1.165) is 0 Å². The quantitative estimate of drug-likeness (QED) is 0.637. The summed E-state index contributed by atoms with van der Waals surface area (Å²) in [4.78, 5) is 10.3. The van der Waals surface area contributed by atoms with Gasteiger partial charge in [0.05, 0.1) is 0 Å². The maximum absolute atomic E-state index is 10.3. The molecule has 0 radical (unpaired) electrons. The Hall–Kier alpha value is -1.19. The van der Waals surface area contributed by atoms with E-state index in [1.807, 2.05) is 0 Å². The van der Waals surface area contributed by atoms with Crippen LogP contribution in [0.1, 0.15) is 5.56 Å². The summed E-state index contributed by atoms with van der Waals surface area (Å²) in [5.74, 6) is -2.05. The first-order valence-corrected chi connectivity index (χ1v) is 4.82. The third-order valence-corrected chi connectivity index (χ3v) is 2.34. The van der Waals surface area contributed by atoms with Gasteiger partial charge in [-0.1, -0.05) is 29.3 Å². The summed E-state index contributed by atoms with van der Waals surface area (Å²) in [5, 5.41) is 18.3. The van der Waals surface area contributed by atoms with E-state index in [0.29, 0.717) is 15.6 Å². The largest absolute Gasteiger partial charge is 0.502 e. The van der Waals surface area contributed by atoms with Crippen molar-refractivity contribution >= 4 is 29.2 Å². The van der Waals surface area contributed by atoms with Crippen LogP contribution in [0, 0.1) is 0 Å². The summed E-state index contributed by atoms with van der Waals surface area (Å²) < 4.78 is 0. The number of hydrogen-bond acceptors (Lipinski definition) is 2. The molecule has 0 aliphatic carbocycles. The highest BCUT2D eigenvalue weighted by atomic mass is 35.5. The van der Waals surface area contributed by atoms with Crippen LogP contribution < -0.4 is 0 Å². The summed E-state index contributed by atoms with van der Waals surface area (Å²) >= 11 is 11.5. The van der Waals surface area contributed by atoms with Crippen LogP contribution in [0.5, 0.6) is 0 Å². The van der Waals surface area contributed by atoms with Crippen LogP contribution in [0.15, 0.2) is 30.0 Å². The molecular weight excluding hydrogens is 239 g/mol. The molecule has 1 rings (SSSR count). The fraction of sp³-hybridized carbons (Fsp3) is 0.100. The second kappa shape index (κ2) is 5.05. The zero-order valence-electron chi connectivity index (χ0n) is 7.58. The molecule has 15 heavy (non-hydrogen) atoms. The van der Waals surface area contributed by atoms with Crippen LogP contribution in [0.2, 0.25) is 10.0 Å². The predicted octanol–water partition coefficient (Wildman–Crippen LogP) is 3.06. The van der Waals surface area contributed by atoms with Crippen LogP contribution in [-0.2, 0) is 11.2 Å². The van der Waals surface area contributed by atoms with Crippen molar-refractivity contribution in [3.8, 4) is 0 Å². The molecule has 0 aliphatic rings. The highest BCUT2D eigenvalue weighted by molar-refractivity contribution is 6.35. The maximum atomic E-state index is 10.3. The van der Waals surface area contributed by atoms with Crippen molar-refractivity contribution in [2.24, 2.45) is 0 Å². The number of aliphatic hydroxyl groups excluding tert-OH is 1. The van der Waals surface area contributed by atoms with Gasteiger partial charge in [0.15, 0.2) is 5.76 Å². The average molecular weight is 247 g/mol. The molecule has 0 saturated heterocycles. The summed E-state index contributed by atoms with van der Waals surface area (Å²) in [6, 6.07) is 4.88. The Morgan fingerprint density at radius 3 is 2.53 bits per heavy atom.